The van der Waals surface area contributed by atoms with Crippen LogP contribution >= 0.6 is 0 Å². The first-order valence-corrected chi connectivity index (χ1v) is 5.04. The van der Waals surface area contributed by atoms with Crippen molar-refractivity contribution >= 4 is 0 Å². The zero-order valence-electron chi connectivity index (χ0n) is 9.14. The van der Waals surface area contributed by atoms with Crippen LogP contribution in [0.1, 0.15) is 38.1 Å². The van der Waals surface area contributed by atoms with Gasteiger partial charge in [-0.3, -0.25) is 0 Å². The summed E-state index contributed by atoms with van der Waals surface area (Å²) in [5.74, 6) is -0.208. The zero-order chi connectivity index (χ0) is 12.2. The second-order valence-corrected chi connectivity index (χ2v) is 3.50. The lowest BCUT2D eigenvalue weighted by molar-refractivity contribution is -0.131. The first kappa shape index (κ1) is 13.0. The molecule has 0 radical (unpaired) electrons. The predicted molar refractivity (Wildman–Crippen MR) is 50.8 cm³/mol. The van der Waals surface area contributed by atoms with Gasteiger partial charge in [-0.05, 0) is 19.9 Å². The summed E-state index contributed by atoms with van der Waals surface area (Å²) in [7, 11) is 0. The van der Waals surface area contributed by atoms with Crippen LogP contribution in [0, 0.1) is 0 Å². The number of nitrogens with one attached hydrogen (secondary N) is 1. The van der Waals surface area contributed by atoms with E-state index in [1.807, 2.05) is 6.92 Å². The highest BCUT2D eigenvalue weighted by molar-refractivity contribution is 4.89. The molecule has 1 atom stereocenters. The molecule has 1 N–H and O–H groups in total. The standard InChI is InChI=1S/C9H14F3N3O/c1-3-4-13-6(2)8-15-14-7(16-8)5-9(10,11)12/h6,13H,3-5H2,1-2H3. The van der Waals surface area contributed by atoms with Gasteiger partial charge in [-0.25, -0.2) is 0 Å². The van der Waals surface area contributed by atoms with Gasteiger partial charge in [-0.1, -0.05) is 6.92 Å². The minimum Gasteiger partial charge on any atom is -0.423 e. The van der Waals surface area contributed by atoms with Crippen molar-refractivity contribution in [3.63, 3.8) is 0 Å². The lowest BCUT2D eigenvalue weighted by Crippen LogP contribution is -2.19. The van der Waals surface area contributed by atoms with Crippen molar-refractivity contribution in [2.24, 2.45) is 0 Å². The van der Waals surface area contributed by atoms with Crippen LogP contribution < -0.4 is 5.32 Å². The van der Waals surface area contributed by atoms with E-state index in [2.05, 4.69) is 15.5 Å². The van der Waals surface area contributed by atoms with Crippen molar-refractivity contribution in [2.75, 3.05) is 6.54 Å². The monoisotopic (exact) mass is 237 g/mol. The Morgan fingerprint density at radius 3 is 2.62 bits per heavy atom. The molecule has 1 aromatic heterocycles. The van der Waals surface area contributed by atoms with Gasteiger partial charge in [0, 0.05) is 0 Å². The average Bonchev–Trinajstić information content (AvgIpc) is 2.59. The van der Waals surface area contributed by atoms with Crippen molar-refractivity contribution in [2.45, 2.75) is 38.9 Å². The van der Waals surface area contributed by atoms with Crippen LogP contribution in [0.3, 0.4) is 0 Å². The van der Waals surface area contributed by atoms with E-state index in [0.29, 0.717) is 0 Å². The molecule has 0 saturated carbocycles. The molecule has 1 unspecified atom stereocenters. The largest absolute Gasteiger partial charge is 0.423 e. The molecule has 0 aliphatic rings. The summed E-state index contributed by atoms with van der Waals surface area (Å²) in [6.45, 7) is 4.50. The van der Waals surface area contributed by atoms with E-state index < -0.39 is 18.5 Å². The Labute approximate surface area is 91.2 Å². The van der Waals surface area contributed by atoms with Gasteiger partial charge in [-0.15, -0.1) is 10.2 Å². The first-order valence-electron chi connectivity index (χ1n) is 5.04. The molecule has 0 saturated heterocycles. The number of hydrogen-bond donors (Lipinski definition) is 1. The van der Waals surface area contributed by atoms with E-state index in [1.165, 1.54) is 0 Å². The van der Waals surface area contributed by atoms with Gasteiger partial charge in [0.05, 0.1) is 6.04 Å². The Kier molecular flexibility index (Phi) is 4.28. The summed E-state index contributed by atoms with van der Waals surface area (Å²) in [6, 6.07) is -0.227. The molecule has 0 aliphatic heterocycles. The number of rotatable bonds is 5. The molecular weight excluding hydrogens is 223 g/mol. The number of alkyl halides is 3. The summed E-state index contributed by atoms with van der Waals surface area (Å²) < 4.78 is 40.9. The summed E-state index contributed by atoms with van der Waals surface area (Å²) in [5.41, 5.74) is 0. The topological polar surface area (TPSA) is 51.0 Å². The Morgan fingerprint density at radius 2 is 2.06 bits per heavy atom. The quantitative estimate of drug-likeness (QED) is 0.853. The third-order valence-corrected chi connectivity index (χ3v) is 1.91. The maximum Gasteiger partial charge on any atom is 0.397 e. The molecule has 4 nitrogen and oxygen atoms in total. The molecule has 92 valence electrons. The molecule has 7 heteroatoms. The van der Waals surface area contributed by atoms with Gasteiger partial charge in [0.15, 0.2) is 0 Å². The fourth-order valence-electron chi connectivity index (χ4n) is 1.13. The number of nitrogens with zero attached hydrogens (tertiary/aromatic N) is 2. The second kappa shape index (κ2) is 5.29. The molecule has 0 fully saturated rings. The minimum atomic E-state index is -4.32. The average molecular weight is 237 g/mol. The van der Waals surface area contributed by atoms with Crippen LogP contribution in [0.25, 0.3) is 0 Å². The smallest absolute Gasteiger partial charge is 0.397 e. The van der Waals surface area contributed by atoms with E-state index in [-0.39, 0.29) is 11.9 Å². The Morgan fingerprint density at radius 1 is 1.38 bits per heavy atom. The van der Waals surface area contributed by atoms with E-state index in [1.54, 1.807) is 6.92 Å². The highest BCUT2D eigenvalue weighted by atomic mass is 19.4. The third-order valence-electron chi connectivity index (χ3n) is 1.91. The van der Waals surface area contributed by atoms with Crippen molar-refractivity contribution in [3.05, 3.63) is 11.8 Å². The summed E-state index contributed by atoms with van der Waals surface area (Å²) in [4.78, 5) is 0. The summed E-state index contributed by atoms with van der Waals surface area (Å²) >= 11 is 0. The molecule has 0 aromatic carbocycles. The maximum absolute atomic E-state index is 12.0. The third kappa shape index (κ3) is 4.18. The SMILES string of the molecule is CCCNC(C)c1nnc(CC(F)(F)F)o1. The molecule has 1 aromatic rings. The lowest BCUT2D eigenvalue weighted by Gasteiger charge is -2.07. The summed E-state index contributed by atoms with van der Waals surface area (Å²) in [5, 5.41) is 9.98. The number of halogens is 3. The van der Waals surface area contributed by atoms with Gasteiger partial charge < -0.3 is 9.73 Å². The van der Waals surface area contributed by atoms with Crippen LogP contribution in [0.5, 0.6) is 0 Å². The van der Waals surface area contributed by atoms with Crippen LogP contribution in [0.2, 0.25) is 0 Å². The summed E-state index contributed by atoms with van der Waals surface area (Å²) in [6.07, 6.45) is -4.57. The van der Waals surface area contributed by atoms with Gasteiger partial charge in [0.1, 0.15) is 6.42 Å². The van der Waals surface area contributed by atoms with Crippen LogP contribution in [0.15, 0.2) is 4.42 Å². The van der Waals surface area contributed by atoms with E-state index in [0.717, 1.165) is 13.0 Å². The highest BCUT2D eigenvalue weighted by Crippen LogP contribution is 2.21. The number of hydrogen-bond acceptors (Lipinski definition) is 4. The van der Waals surface area contributed by atoms with Gasteiger partial charge in [-0.2, -0.15) is 13.2 Å². The Hall–Kier alpha value is -1.11. The second-order valence-electron chi connectivity index (χ2n) is 3.50. The van der Waals surface area contributed by atoms with Crippen LogP contribution in [-0.2, 0) is 6.42 Å². The van der Waals surface area contributed by atoms with Gasteiger partial charge >= 0.3 is 6.18 Å². The fraction of sp³-hybridized carbons (Fsp3) is 0.778. The van der Waals surface area contributed by atoms with Crippen molar-refractivity contribution in [1.29, 1.82) is 0 Å². The molecule has 1 rings (SSSR count). The van der Waals surface area contributed by atoms with Crippen molar-refractivity contribution in [3.8, 4) is 0 Å². The van der Waals surface area contributed by atoms with Crippen molar-refractivity contribution in [1.82, 2.24) is 15.5 Å². The normalized spacial score (nSPS) is 14.1. The molecule has 0 aliphatic carbocycles. The molecule has 1 heterocycles. The molecule has 0 spiro atoms. The van der Waals surface area contributed by atoms with Crippen LogP contribution in [0.4, 0.5) is 13.2 Å². The Bertz CT molecular complexity index is 324. The predicted octanol–water partition coefficient (Wildman–Crippen LogP) is 2.24. The van der Waals surface area contributed by atoms with Crippen molar-refractivity contribution < 1.29 is 17.6 Å². The minimum absolute atomic E-state index is 0.188. The number of aromatic nitrogens is 2. The lowest BCUT2D eigenvalue weighted by atomic mass is 10.3. The van der Waals surface area contributed by atoms with E-state index >= 15 is 0 Å². The van der Waals surface area contributed by atoms with Gasteiger partial charge in [0.2, 0.25) is 11.8 Å². The molecule has 0 amide bonds. The molecule has 0 bridgehead atoms. The van der Waals surface area contributed by atoms with Crippen LogP contribution in [-0.4, -0.2) is 22.9 Å². The van der Waals surface area contributed by atoms with E-state index in [4.69, 9.17) is 4.42 Å². The zero-order valence-corrected chi connectivity index (χ0v) is 9.14. The van der Waals surface area contributed by atoms with E-state index in [9.17, 15) is 13.2 Å². The van der Waals surface area contributed by atoms with Gasteiger partial charge in [0.25, 0.3) is 0 Å². The first-order chi connectivity index (χ1) is 7.42. The molecular formula is C9H14F3N3O. The fourth-order valence-corrected chi connectivity index (χ4v) is 1.13. The highest BCUT2D eigenvalue weighted by Gasteiger charge is 2.31. The maximum atomic E-state index is 12.0. The Balaban J connectivity index is 2.57. The molecule has 16 heavy (non-hydrogen) atoms.